The number of rotatable bonds is 6. The van der Waals surface area contributed by atoms with E-state index in [0.717, 1.165) is 43.5 Å². The molecule has 30 heavy (non-hydrogen) atoms. The Balaban J connectivity index is 2.14. The molecule has 2 rings (SSSR count). The summed E-state index contributed by atoms with van der Waals surface area (Å²) < 4.78 is 81.5. The maximum atomic E-state index is 12.9. The molecule has 4 nitrogen and oxygen atoms in total. The lowest BCUT2D eigenvalue weighted by Crippen LogP contribution is -2.43. The first-order valence-corrected chi connectivity index (χ1v) is 8.59. The Hall–Kier alpha value is -3.04. The smallest absolute Gasteiger partial charge is 0.416 e. The van der Waals surface area contributed by atoms with E-state index in [0.29, 0.717) is 0 Å². The zero-order chi connectivity index (χ0) is 22.5. The van der Waals surface area contributed by atoms with Gasteiger partial charge in [-0.25, -0.2) is 4.79 Å². The van der Waals surface area contributed by atoms with E-state index in [2.05, 4.69) is 10.1 Å². The van der Waals surface area contributed by atoms with Crippen molar-refractivity contribution in [3.8, 4) is 0 Å². The number of esters is 1. The first-order valence-electron chi connectivity index (χ1n) is 8.59. The number of benzene rings is 2. The van der Waals surface area contributed by atoms with Crippen molar-refractivity contribution in [3.05, 3.63) is 70.8 Å². The molecule has 0 unspecified atom stereocenters. The molecule has 0 aliphatic rings. The number of amides is 1. The SMILES string of the molecule is COC(=O)[C@@H](Cc1cccc(C(F)(F)F)c1)NC(=O)Cc1cccc(C(F)(F)F)c1. The minimum absolute atomic E-state index is 0.0602. The largest absolute Gasteiger partial charge is 0.467 e. The van der Waals surface area contributed by atoms with Gasteiger partial charge in [0, 0.05) is 6.42 Å². The Kier molecular flexibility index (Phi) is 7.12. The summed E-state index contributed by atoms with van der Waals surface area (Å²) in [4.78, 5) is 24.2. The summed E-state index contributed by atoms with van der Waals surface area (Å²) in [5.41, 5.74) is -1.66. The highest BCUT2D eigenvalue weighted by atomic mass is 19.4. The molecule has 1 N–H and O–H groups in total. The third-order valence-corrected chi connectivity index (χ3v) is 4.13. The van der Waals surface area contributed by atoms with Crippen molar-refractivity contribution in [1.29, 1.82) is 0 Å². The van der Waals surface area contributed by atoms with E-state index >= 15 is 0 Å². The van der Waals surface area contributed by atoms with Crippen molar-refractivity contribution in [1.82, 2.24) is 5.32 Å². The van der Waals surface area contributed by atoms with Gasteiger partial charge >= 0.3 is 18.3 Å². The van der Waals surface area contributed by atoms with Gasteiger partial charge in [-0.2, -0.15) is 26.3 Å². The average Bonchev–Trinajstić information content (AvgIpc) is 2.66. The Bertz CT molecular complexity index is 908. The van der Waals surface area contributed by atoms with Crippen LogP contribution in [0.4, 0.5) is 26.3 Å². The fraction of sp³-hybridized carbons (Fsp3) is 0.300. The highest BCUT2D eigenvalue weighted by Crippen LogP contribution is 2.30. The second kappa shape index (κ2) is 9.19. The summed E-state index contributed by atoms with van der Waals surface area (Å²) in [6.07, 6.45) is -9.90. The van der Waals surface area contributed by atoms with Crippen molar-refractivity contribution in [3.63, 3.8) is 0 Å². The van der Waals surface area contributed by atoms with Gasteiger partial charge in [0.15, 0.2) is 0 Å². The fourth-order valence-corrected chi connectivity index (χ4v) is 2.73. The van der Waals surface area contributed by atoms with E-state index in [9.17, 15) is 35.9 Å². The van der Waals surface area contributed by atoms with Gasteiger partial charge in [-0.15, -0.1) is 0 Å². The molecule has 0 aliphatic carbocycles. The first-order chi connectivity index (χ1) is 13.9. The number of alkyl halides is 6. The van der Waals surface area contributed by atoms with Crippen LogP contribution >= 0.6 is 0 Å². The summed E-state index contributed by atoms with van der Waals surface area (Å²) in [7, 11) is 1.04. The van der Waals surface area contributed by atoms with Crippen LogP contribution < -0.4 is 5.32 Å². The monoisotopic (exact) mass is 433 g/mol. The number of carbonyl (C=O) groups excluding carboxylic acids is 2. The first kappa shape index (κ1) is 23.2. The van der Waals surface area contributed by atoms with Crippen LogP contribution in [-0.4, -0.2) is 25.0 Å². The topological polar surface area (TPSA) is 55.4 Å². The summed E-state index contributed by atoms with van der Waals surface area (Å²) in [6.45, 7) is 0. The van der Waals surface area contributed by atoms with Crippen LogP contribution in [0.2, 0.25) is 0 Å². The molecule has 0 saturated heterocycles. The molecule has 162 valence electrons. The lowest BCUT2D eigenvalue weighted by molar-refractivity contribution is -0.145. The summed E-state index contributed by atoms with van der Waals surface area (Å²) in [6, 6.07) is 7.03. The minimum atomic E-state index is -4.58. The molecule has 0 spiro atoms. The molecular weight excluding hydrogens is 416 g/mol. The van der Waals surface area contributed by atoms with Crippen molar-refractivity contribution >= 4 is 11.9 Å². The molecule has 1 amide bonds. The Morgan fingerprint density at radius 1 is 0.900 bits per heavy atom. The highest BCUT2D eigenvalue weighted by Gasteiger charge is 2.32. The van der Waals surface area contributed by atoms with Crippen LogP contribution in [0.15, 0.2) is 48.5 Å². The molecule has 10 heteroatoms. The van der Waals surface area contributed by atoms with Gasteiger partial charge in [-0.3, -0.25) is 4.79 Å². The molecular formula is C20H17F6NO3. The Labute approximate surface area is 167 Å². The zero-order valence-electron chi connectivity index (χ0n) is 15.6. The van der Waals surface area contributed by atoms with Gasteiger partial charge in [0.05, 0.1) is 24.7 Å². The molecule has 0 saturated carbocycles. The van der Waals surface area contributed by atoms with Gasteiger partial charge in [0.25, 0.3) is 0 Å². The number of hydrogen-bond donors (Lipinski definition) is 1. The molecule has 0 aromatic heterocycles. The number of nitrogens with one attached hydrogen (secondary N) is 1. The summed E-state index contributed by atoms with van der Waals surface area (Å²) in [5, 5.41) is 2.31. The fourth-order valence-electron chi connectivity index (χ4n) is 2.73. The van der Waals surface area contributed by atoms with Gasteiger partial charge in [-0.05, 0) is 23.3 Å². The van der Waals surface area contributed by atoms with E-state index in [1.807, 2.05) is 0 Å². The number of methoxy groups -OCH3 is 1. The van der Waals surface area contributed by atoms with Gasteiger partial charge in [-0.1, -0.05) is 36.4 Å². The Morgan fingerprint density at radius 2 is 1.40 bits per heavy atom. The number of halogens is 6. The van der Waals surface area contributed by atoms with Crippen molar-refractivity contribution in [2.45, 2.75) is 31.2 Å². The minimum Gasteiger partial charge on any atom is -0.467 e. The molecule has 2 aromatic rings. The number of hydrogen-bond acceptors (Lipinski definition) is 3. The maximum Gasteiger partial charge on any atom is 0.416 e. The van der Waals surface area contributed by atoms with E-state index in [4.69, 9.17) is 0 Å². The van der Waals surface area contributed by atoms with Crippen LogP contribution in [0.1, 0.15) is 22.3 Å². The van der Waals surface area contributed by atoms with Crippen LogP contribution in [-0.2, 0) is 39.5 Å². The van der Waals surface area contributed by atoms with Crippen molar-refractivity contribution < 1.29 is 40.7 Å². The van der Waals surface area contributed by atoms with Gasteiger partial charge in [0.2, 0.25) is 5.91 Å². The number of ether oxygens (including phenoxy) is 1. The van der Waals surface area contributed by atoms with E-state index in [1.165, 1.54) is 12.1 Å². The molecule has 1 atom stereocenters. The van der Waals surface area contributed by atoms with Crippen LogP contribution in [0.5, 0.6) is 0 Å². The second-order valence-electron chi connectivity index (χ2n) is 6.42. The maximum absolute atomic E-state index is 12.9. The molecule has 0 fully saturated rings. The lowest BCUT2D eigenvalue weighted by Gasteiger charge is -2.18. The van der Waals surface area contributed by atoms with E-state index < -0.39 is 47.8 Å². The van der Waals surface area contributed by atoms with Crippen molar-refractivity contribution in [2.24, 2.45) is 0 Å². The quantitative estimate of drug-likeness (QED) is 0.550. The standard InChI is InChI=1S/C20H17F6NO3/c1-30-18(29)16(10-12-4-2-6-14(8-12)19(21,22)23)27-17(28)11-13-5-3-7-15(9-13)20(24,25)26/h2-9,16H,10-11H2,1H3,(H,27,28)/t16-/m1/s1. The third kappa shape index (κ3) is 6.50. The predicted octanol–water partition coefficient (Wildman–Crippen LogP) is 4.17. The third-order valence-electron chi connectivity index (χ3n) is 4.13. The average molecular weight is 433 g/mol. The van der Waals surface area contributed by atoms with Gasteiger partial charge < -0.3 is 10.1 Å². The molecule has 0 bridgehead atoms. The van der Waals surface area contributed by atoms with E-state index in [-0.39, 0.29) is 17.5 Å². The zero-order valence-corrected chi connectivity index (χ0v) is 15.6. The molecule has 0 radical (unpaired) electrons. The molecule has 0 heterocycles. The predicted molar refractivity (Wildman–Crippen MR) is 94.2 cm³/mol. The van der Waals surface area contributed by atoms with E-state index in [1.54, 1.807) is 0 Å². The van der Waals surface area contributed by atoms with Gasteiger partial charge in [0.1, 0.15) is 6.04 Å². The molecule has 2 aromatic carbocycles. The lowest BCUT2D eigenvalue weighted by atomic mass is 10.0. The summed E-state index contributed by atoms with van der Waals surface area (Å²) in [5.74, 6) is -1.68. The highest BCUT2D eigenvalue weighted by molar-refractivity contribution is 5.85. The van der Waals surface area contributed by atoms with Crippen LogP contribution in [0.25, 0.3) is 0 Å². The van der Waals surface area contributed by atoms with Crippen LogP contribution in [0.3, 0.4) is 0 Å². The van der Waals surface area contributed by atoms with Crippen molar-refractivity contribution in [2.75, 3.05) is 7.11 Å². The summed E-state index contributed by atoms with van der Waals surface area (Å²) >= 11 is 0. The normalized spacial score (nSPS) is 12.9. The molecule has 0 aliphatic heterocycles. The second-order valence-corrected chi connectivity index (χ2v) is 6.42. The van der Waals surface area contributed by atoms with Crippen LogP contribution in [0, 0.1) is 0 Å². The Morgan fingerprint density at radius 3 is 1.90 bits per heavy atom. The number of carbonyl (C=O) groups is 2.